The van der Waals surface area contributed by atoms with Crippen LogP contribution in [0.25, 0.3) is 0 Å². The highest BCUT2D eigenvalue weighted by Gasteiger charge is 2.63. The summed E-state index contributed by atoms with van der Waals surface area (Å²) in [6.07, 6.45) is 0. The summed E-state index contributed by atoms with van der Waals surface area (Å²) in [6.45, 7) is 5.74. The van der Waals surface area contributed by atoms with Crippen LogP contribution in [-0.2, 0) is 0 Å². The standard InChI is InChI=1S/C12H10Cl3F/c1-6(2)10-11(12(10,14)15)7-3-4-9(16)8(13)5-7/h3-5,10-11H,1H2,2H3. The zero-order valence-corrected chi connectivity index (χ0v) is 10.9. The van der Waals surface area contributed by atoms with Crippen LogP contribution >= 0.6 is 34.8 Å². The van der Waals surface area contributed by atoms with Crippen molar-refractivity contribution >= 4 is 34.8 Å². The predicted octanol–water partition coefficient (Wildman–Crippen LogP) is 4.94. The molecular weight excluding hydrogens is 269 g/mol. The van der Waals surface area contributed by atoms with Crippen LogP contribution in [0.15, 0.2) is 30.4 Å². The molecule has 2 rings (SSSR count). The quantitative estimate of drug-likeness (QED) is 0.531. The summed E-state index contributed by atoms with van der Waals surface area (Å²) in [5.74, 6) is -0.475. The maximum atomic E-state index is 13.0. The van der Waals surface area contributed by atoms with Gasteiger partial charge in [0.05, 0.1) is 5.02 Å². The van der Waals surface area contributed by atoms with Crippen molar-refractivity contribution in [3.05, 3.63) is 46.8 Å². The molecule has 0 saturated heterocycles. The maximum absolute atomic E-state index is 13.0. The van der Waals surface area contributed by atoms with Gasteiger partial charge in [-0.1, -0.05) is 29.8 Å². The Morgan fingerprint density at radius 2 is 2.06 bits per heavy atom. The van der Waals surface area contributed by atoms with E-state index in [1.54, 1.807) is 12.1 Å². The van der Waals surface area contributed by atoms with E-state index in [2.05, 4.69) is 6.58 Å². The van der Waals surface area contributed by atoms with Crippen molar-refractivity contribution in [3.8, 4) is 0 Å². The number of alkyl halides is 2. The Labute approximate surface area is 109 Å². The first-order valence-corrected chi connectivity index (χ1v) is 5.97. The second-order valence-electron chi connectivity index (χ2n) is 4.15. The SMILES string of the molecule is C=C(C)C1C(c2ccc(F)c(Cl)c2)C1(Cl)Cl. The van der Waals surface area contributed by atoms with E-state index in [0.29, 0.717) is 0 Å². The van der Waals surface area contributed by atoms with Gasteiger partial charge >= 0.3 is 0 Å². The number of hydrogen-bond acceptors (Lipinski definition) is 0. The predicted molar refractivity (Wildman–Crippen MR) is 66.9 cm³/mol. The molecule has 1 aromatic rings. The zero-order chi connectivity index (χ0) is 12.1. The number of allylic oxidation sites excluding steroid dienone is 1. The van der Waals surface area contributed by atoms with Gasteiger partial charge in [-0.3, -0.25) is 0 Å². The van der Waals surface area contributed by atoms with Crippen LogP contribution in [0.5, 0.6) is 0 Å². The Kier molecular flexibility index (Phi) is 2.98. The van der Waals surface area contributed by atoms with Gasteiger partial charge in [-0.25, -0.2) is 4.39 Å². The van der Waals surface area contributed by atoms with Crippen molar-refractivity contribution < 1.29 is 4.39 Å². The third kappa shape index (κ3) is 1.85. The van der Waals surface area contributed by atoms with E-state index in [1.165, 1.54) is 6.07 Å². The first-order valence-electron chi connectivity index (χ1n) is 4.84. The van der Waals surface area contributed by atoms with Gasteiger partial charge in [-0.15, -0.1) is 23.2 Å². The van der Waals surface area contributed by atoms with Gasteiger partial charge in [0.15, 0.2) is 0 Å². The molecule has 4 heteroatoms. The largest absolute Gasteiger partial charge is 0.205 e. The second-order valence-corrected chi connectivity index (χ2v) is 6.00. The molecule has 86 valence electrons. The molecule has 2 atom stereocenters. The van der Waals surface area contributed by atoms with Crippen molar-refractivity contribution in [3.63, 3.8) is 0 Å². The Bertz CT molecular complexity index is 454. The normalized spacial score (nSPS) is 26.6. The van der Waals surface area contributed by atoms with Crippen LogP contribution in [0.3, 0.4) is 0 Å². The summed E-state index contributed by atoms with van der Waals surface area (Å²) in [7, 11) is 0. The number of hydrogen-bond donors (Lipinski definition) is 0. The van der Waals surface area contributed by atoms with E-state index >= 15 is 0 Å². The second kappa shape index (κ2) is 3.90. The van der Waals surface area contributed by atoms with E-state index in [9.17, 15) is 4.39 Å². The van der Waals surface area contributed by atoms with Gasteiger partial charge in [0.25, 0.3) is 0 Å². The molecule has 1 aliphatic rings. The van der Waals surface area contributed by atoms with Gasteiger partial charge in [0.2, 0.25) is 0 Å². The molecule has 1 fully saturated rings. The lowest BCUT2D eigenvalue weighted by Crippen LogP contribution is -1.91. The Morgan fingerprint density at radius 1 is 1.44 bits per heavy atom. The van der Waals surface area contributed by atoms with E-state index in [-0.39, 0.29) is 16.9 Å². The van der Waals surface area contributed by atoms with E-state index < -0.39 is 10.2 Å². The minimum Gasteiger partial charge on any atom is -0.205 e. The van der Waals surface area contributed by atoms with Crippen molar-refractivity contribution in [1.82, 2.24) is 0 Å². The van der Waals surface area contributed by atoms with Gasteiger partial charge in [0.1, 0.15) is 10.2 Å². The van der Waals surface area contributed by atoms with Gasteiger partial charge in [-0.05, 0) is 24.6 Å². The lowest BCUT2D eigenvalue weighted by atomic mass is 10.1. The lowest BCUT2D eigenvalue weighted by Gasteiger charge is -2.01. The highest BCUT2D eigenvalue weighted by Crippen LogP contribution is 2.67. The minimum absolute atomic E-state index is 0.0114. The van der Waals surface area contributed by atoms with Gasteiger partial charge in [0, 0.05) is 11.8 Å². The van der Waals surface area contributed by atoms with Crippen LogP contribution in [0.2, 0.25) is 5.02 Å². The van der Waals surface area contributed by atoms with Gasteiger partial charge in [-0.2, -0.15) is 0 Å². The molecule has 1 saturated carbocycles. The molecule has 0 amide bonds. The molecule has 0 radical (unpaired) electrons. The summed E-state index contributed by atoms with van der Waals surface area (Å²) in [6, 6.07) is 4.56. The highest BCUT2D eigenvalue weighted by molar-refractivity contribution is 6.52. The van der Waals surface area contributed by atoms with E-state index in [4.69, 9.17) is 34.8 Å². The Morgan fingerprint density at radius 3 is 2.50 bits per heavy atom. The van der Waals surface area contributed by atoms with Gasteiger partial charge < -0.3 is 0 Å². The number of halogens is 4. The smallest absolute Gasteiger partial charge is 0.141 e. The summed E-state index contributed by atoms with van der Waals surface area (Å²) in [5.41, 5.74) is 1.78. The van der Waals surface area contributed by atoms with Crippen molar-refractivity contribution in [2.75, 3.05) is 0 Å². The van der Waals surface area contributed by atoms with Crippen molar-refractivity contribution in [2.24, 2.45) is 5.92 Å². The molecule has 0 N–H and O–H groups in total. The van der Waals surface area contributed by atoms with Crippen LogP contribution in [0, 0.1) is 11.7 Å². The first-order chi connectivity index (χ1) is 7.35. The summed E-state index contributed by atoms with van der Waals surface area (Å²) >= 11 is 18.0. The average Bonchev–Trinajstić information content (AvgIpc) is 2.74. The van der Waals surface area contributed by atoms with E-state index in [0.717, 1.165) is 11.1 Å². The van der Waals surface area contributed by atoms with Crippen molar-refractivity contribution in [1.29, 1.82) is 0 Å². The average molecular weight is 280 g/mol. The topological polar surface area (TPSA) is 0 Å². The Balaban J connectivity index is 2.33. The van der Waals surface area contributed by atoms with E-state index in [1.807, 2.05) is 6.92 Å². The van der Waals surface area contributed by atoms with Crippen LogP contribution < -0.4 is 0 Å². The molecule has 0 aromatic heterocycles. The van der Waals surface area contributed by atoms with Crippen LogP contribution in [0.1, 0.15) is 18.4 Å². The molecule has 0 nitrogen and oxygen atoms in total. The minimum atomic E-state index is -0.840. The fourth-order valence-electron chi connectivity index (χ4n) is 2.06. The molecule has 1 aromatic carbocycles. The molecule has 16 heavy (non-hydrogen) atoms. The molecule has 0 bridgehead atoms. The molecule has 2 unspecified atom stereocenters. The highest BCUT2D eigenvalue weighted by atomic mass is 35.5. The van der Waals surface area contributed by atoms with Crippen LogP contribution in [0.4, 0.5) is 4.39 Å². The Hall–Kier alpha value is -0.240. The molecule has 0 spiro atoms. The fraction of sp³-hybridized carbons (Fsp3) is 0.333. The summed E-state index contributed by atoms with van der Waals surface area (Å²) in [4.78, 5) is 0. The molecule has 1 aliphatic carbocycles. The summed E-state index contributed by atoms with van der Waals surface area (Å²) in [5, 5.41) is 0.0917. The molecular formula is C12H10Cl3F. The monoisotopic (exact) mass is 278 g/mol. The molecule has 0 aliphatic heterocycles. The van der Waals surface area contributed by atoms with Crippen molar-refractivity contribution in [2.45, 2.75) is 17.2 Å². The lowest BCUT2D eigenvalue weighted by molar-refractivity contribution is 0.627. The first kappa shape index (κ1) is 12.2. The third-order valence-electron chi connectivity index (χ3n) is 2.89. The third-order valence-corrected chi connectivity index (χ3v) is 4.12. The number of benzene rings is 1. The maximum Gasteiger partial charge on any atom is 0.141 e. The number of rotatable bonds is 2. The molecule has 0 heterocycles. The zero-order valence-electron chi connectivity index (χ0n) is 8.61. The summed E-state index contributed by atoms with van der Waals surface area (Å²) < 4.78 is 12.2. The fourth-order valence-corrected chi connectivity index (χ4v) is 3.25. The van der Waals surface area contributed by atoms with Crippen LogP contribution in [-0.4, -0.2) is 4.33 Å².